The molecular weight excluding hydrogens is 312 g/mol. The molecule has 2 unspecified atom stereocenters. The second kappa shape index (κ2) is 10.2. The Labute approximate surface area is 126 Å². The van der Waals surface area contributed by atoms with Gasteiger partial charge >= 0.3 is 5.97 Å². The van der Waals surface area contributed by atoms with Crippen molar-refractivity contribution in [3.63, 3.8) is 0 Å². The zero-order valence-electron chi connectivity index (χ0n) is 12.4. The first kappa shape index (κ1) is 20.7. The van der Waals surface area contributed by atoms with Crippen molar-refractivity contribution in [1.82, 2.24) is 5.32 Å². The number of amides is 1. The molecule has 3 N–H and O–H groups in total. The van der Waals surface area contributed by atoms with Gasteiger partial charge in [0.2, 0.25) is 5.91 Å². The molecule has 0 saturated heterocycles. The van der Waals surface area contributed by atoms with Crippen LogP contribution in [0.25, 0.3) is 0 Å². The lowest BCUT2D eigenvalue weighted by Gasteiger charge is -2.21. The van der Waals surface area contributed by atoms with Crippen LogP contribution in [0.5, 0.6) is 0 Å². The van der Waals surface area contributed by atoms with E-state index in [4.69, 9.17) is 5.73 Å². The van der Waals surface area contributed by atoms with Crippen LogP contribution < -0.4 is 11.1 Å². The highest BCUT2D eigenvalue weighted by atomic mass is 79.9. The van der Waals surface area contributed by atoms with E-state index in [-0.39, 0.29) is 28.8 Å². The van der Waals surface area contributed by atoms with Gasteiger partial charge in [-0.15, -0.1) is 17.0 Å². The molecule has 6 heteroatoms. The molecule has 0 aliphatic rings. The van der Waals surface area contributed by atoms with E-state index in [9.17, 15) is 9.59 Å². The summed E-state index contributed by atoms with van der Waals surface area (Å²) in [6, 6.07) is -1.19. The number of esters is 1. The van der Waals surface area contributed by atoms with Gasteiger partial charge in [0.1, 0.15) is 6.04 Å². The molecule has 5 nitrogen and oxygen atoms in total. The van der Waals surface area contributed by atoms with E-state index in [1.54, 1.807) is 0 Å². The third-order valence-electron chi connectivity index (χ3n) is 2.57. The van der Waals surface area contributed by atoms with Gasteiger partial charge in [-0.1, -0.05) is 27.7 Å². The molecule has 0 aliphatic heterocycles. The molecule has 0 rings (SSSR count). The van der Waals surface area contributed by atoms with Crippen LogP contribution in [0.1, 0.15) is 40.5 Å². The second-order valence-electron chi connectivity index (χ2n) is 5.45. The van der Waals surface area contributed by atoms with E-state index in [1.165, 1.54) is 7.11 Å². The van der Waals surface area contributed by atoms with E-state index >= 15 is 0 Å². The number of hydrogen-bond donors (Lipinski definition) is 2. The Balaban J connectivity index is 0. The molecular formula is C13H27BrN2O3. The standard InChI is InChI=1S/C13H26N2O3.BrH/c1-8(2)6-10(14)12(16)15-11(7-9(3)4)13(17)18-5;/h8-11H,6-7,14H2,1-5H3,(H,15,16);1H. The van der Waals surface area contributed by atoms with Crippen molar-refractivity contribution in [2.24, 2.45) is 17.6 Å². The Kier molecular flexibility index (Phi) is 11.1. The molecule has 0 aliphatic carbocycles. The number of halogens is 1. The van der Waals surface area contributed by atoms with Crippen molar-refractivity contribution in [3.8, 4) is 0 Å². The highest BCUT2D eigenvalue weighted by Crippen LogP contribution is 2.08. The molecule has 0 fully saturated rings. The van der Waals surface area contributed by atoms with Crippen molar-refractivity contribution in [2.75, 3.05) is 7.11 Å². The number of nitrogens with two attached hydrogens (primary N) is 1. The Morgan fingerprint density at radius 3 is 1.95 bits per heavy atom. The van der Waals surface area contributed by atoms with Gasteiger partial charge in [0.05, 0.1) is 13.2 Å². The molecule has 0 aromatic rings. The van der Waals surface area contributed by atoms with Crippen LogP contribution in [-0.4, -0.2) is 31.1 Å². The lowest BCUT2D eigenvalue weighted by atomic mass is 10.0. The number of hydrogen-bond acceptors (Lipinski definition) is 4. The van der Waals surface area contributed by atoms with Crippen molar-refractivity contribution in [1.29, 1.82) is 0 Å². The predicted octanol–water partition coefficient (Wildman–Crippen LogP) is 1.64. The average Bonchev–Trinajstić information content (AvgIpc) is 2.25. The summed E-state index contributed by atoms with van der Waals surface area (Å²) in [7, 11) is 1.32. The normalized spacial score (nSPS) is 13.7. The maximum atomic E-state index is 11.8. The van der Waals surface area contributed by atoms with Crippen LogP contribution in [0.3, 0.4) is 0 Å². The number of carbonyl (C=O) groups is 2. The van der Waals surface area contributed by atoms with Crippen LogP contribution in [0.4, 0.5) is 0 Å². The zero-order valence-corrected chi connectivity index (χ0v) is 14.1. The first-order valence-corrected chi connectivity index (χ1v) is 6.41. The van der Waals surface area contributed by atoms with Crippen molar-refractivity contribution >= 4 is 28.9 Å². The maximum Gasteiger partial charge on any atom is 0.328 e. The lowest BCUT2D eigenvalue weighted by Crippen LogP contribution is -2.49. The molecule has 1 amide bonds. The first-order chi connectivity index (χ1) is 8.27. The summed E-state index contributed by atoms with van der Waals surface area (Å²) in [6.07, 6.45) is 1.15. The average molecular weight is 339 g/mol. The van der Waals surface area contributed by atoms with Crippen LogP contribution in [0.15, 0.2) is 0 Å². The van der Waals surface area contributed by atoms with Crippen LogP contribution in [0.2, 0.25) is 0 Å². The van der Waals surface area contributed by atoms with Gasteiger partial charge < -0.3 is 15.8 Å². The molecule has 2 atom stereocenters. The zero-order chi connectivity index (χ0) is 14.3. The fourth-order valence-electron chi connectivity index (χ4n) is 1.72. The minimum absolute atomic E-state index is 0. The minimum Gasteiger partial charge on any atom is -0.467 e. The van der Waals surface area contributed by atoms with Crippen molar-refractivity contribution < 1.29 is 14.3 Å². The van der Waals surface area contributed by atoms with Gasteiger partial charge in [-0.05, 0) is 24.7 Å². The van der Waals surface area contributed by atoms with Crippen LogP contribution in [0, 0.1) is 11.8 Å². The molecule has 0 bridgehead atoms. The van der Waals surface area contributed by atoms with E-state index in [2.05, 4.69) is 10.1 Å². The minimum atomic E-state index is -0.610. The summed E-state index contributed by atoms with van der Waals surface area (Å²) in [5, 5.41) is 2.67. The summed E-state index contributed by atoms with van der Waals surface area (Å²) in [6.45, 7) is 7.96. The predicted molar refractivity (Wildman–Crippen MR) is 81.2 cm³/mol. The highest BCUT2D eigenvalue weighted by molar-refractivity contribution is 8.93. The van der Waals surface area contributed by atoms with Crippen LogP contribution >= 0.6 is 17.0 Å². The number of rotatable bonds is 7. The smallest absolute Gasteiger partial charge is 0.328 e. The second-order valence-corrected chi connectivity index (χ2v) is 5.45. The summed E-state index contributed by atoms with van der Waals surface area (Å²) in [5.41, 5.74) is 5.77. The van der Waals surface area contributed by atoms with Crippen molar-refractivity contribution in [3.05, 3.63) is 0 Å². The van der Waals surface area contributed by atoms with E-state index < -0.39 is 18.1 Å². The lowest BCUT2D eigenvalue weighted by molar-refractivity contribution is -0.145. The summed E-state index contributed by atoms with van der Waals surface area (Å²) in [4.78, 5) is 23.4. The highest BCUT2D eigenvalue weighted by Gasteiger charge is 2.25. The molecule has 19 heavy (non-hydrogen) atoms. The Morgan fingerprint density at radius 2 is 1.58 bits per heavy atom. The van der Waals surface area contributed by atoms with Gasteiger partial charge in [-0.3, -0.25) is 4.79 Å². The van der Waals surface area contributed by atoms with E-state index in [1.807, 2.05) is 27.7 Å². The van der Waals surface area contributed by atoms with Gasteiger partial charge in [-0.25, -0.2) is 4.79 Å². The van der Waals surface area contributed by atoms with Gasteiger partial charge in [-0.2, -0.15) is 0 Å². The monoisotopic (exact) mass is 338 g/mol. The Bertz CT molecular complexity index is 283. The Hall–Kier alpha value is -0.620. The van der Waals surface area contributed by atoms with Gasteiger partial charge in [0, 0.05) is 0 Å². The first-order valence-electron chi connectivity index (χ1n) is 6.41. The largest absolute Gasteiger partial charge is 0.467 e. The third kappa shape index (κ3) is 8.99. The maximum absolute atomic E-state index is 11.8. The Morgan fingerprint density at radius 1 is 1.11 bits per heavy atom. The number of carbonyl (C=O) groups excluding carboxylic acids is 2. The fourth-order valence-corrected chi connectivity index (χ4v) is 1.72. The SMILES string of the molecule is Br.COC(=O)C(CC(C)C)NC(=O)C(N)CC(C)C. The summed E-state index contributed by atoms with van der Waals surface area (Å²) >= 11 is 0. The number of nitrogens with one attached hydrogen (secondary N) is 1. The molecule has 0 spiro atoms. The summed E-state index contributed by atoms with van der Waals surface area (Å²) in [5.74, 6) is -0.0864. The topological polar surface area (TPSA) is 81.4 Å². The molecule has 0 aromatic carbocycles. The molecule has 114 valence electrons. The molecule has 0 heterocycles. The fraction of sp³-hybridized carbons (Fsp3) is 0.846. The third-order valence-corrected chi connectivity index (χ3v) is 2.57. The molecule has 0 radical (unpaired) electrons. The summed E-state index contributed by atoms with van der Waals surface area (Å²) < 4.78 is 4.68. The van der Waals surface area contributed by atoms with Gasteiger partial charge in [0.25, 0.3) is 0 Å². The van der Waals surface area contributed by atoms with E-state index in [0.717, 1.165) is 0 Å². The molecule has 0 aromatic heterocycles. The van der Waals surface area contributed by atoms with Crippen LogP contribution in [-0.2, 0) is 14.3 Å². The number of methoxy groups -OCH3 is 1. The number of ether oxygens (including phenoxy) is 1. The van der Waals surface area contributed by atoms with Crippen molar-refractivity contribution in [2.45, 2.75) is 52.6 Å². The quantitative estimate of drug-likeness (QED) is 0.691. The molecule has 0 saturated carbocycles. The van der Waals surface area contributed by atoms with E-state index in [0.29, 0.717) is 18.8 Å². The van der Waals surface area contributed by atoms with Gasteiger partial charge in [0.15, 0.2) is 0 Å².